The van der Waals surface area contributed by atoms with Crippen molar-refractivity contribution >= 4 is 45.3 Å². The Morgan fingerprint density at radius 3 is 1.27 bits per heavy atom. The largest absolute Gasteiger partial charge is 0.467 e. The molecule has 0 unspecified atom stereocenters. The maximum Gasteiger partial charge on any atom is 0.328 e. The van der Waals surface area contributed by atoms with Gasteiger partial charge in [-0.25, -0.2) is 9.59 Å². The Morgan fingerprint density at radius 2 is 1.03 bits per heavy atom. The molecule has 6 N–H and O–H groups in total. The van der Waals surface area contributed by atoms with Gasteiger partial charge < -0.3 is 31.6 Å². The van der Waals surface area contributed by atoms with Crippen LogP contribution in [0.1, 0.15) is 27.7 Å². The molecule has 0 aliphatic rings. The summed E-state index contributed by atoms with van der Waals surface area (Å²) in [5.41, 5.74) is 11.7. The van der Waals surface area contributed by atoms with Crippen LogP contribution in [0.3, 0.4) is 0 Å². The second-order valence-electron chi connectivity index (χ2n) is 7.29. The molecule has 0 aromatic heterocycles. The van der Waals surface area contributed by atoms with Crippen molar-refractivity contribution in [3.63, 3.8) is 0 Å². The minimum absolute atomic E-state index is 0.146. The Morgan fingerprint density at radius 1 is 0.733 bits per heavy atom. The van der Waals surface area contributed by atoms with E-state index in [1.54, 1.807) is 27.7 Å². The Labute approximate surface area is 185 Å². The molecule has 0 spiro atoms. The second kappa shape index (κ2) is 14.5. The molecule has 0 saturated carbocycles. The van der Waals surface area contributed by atoms with Crippen LogP contribution >= 0.6 is 21.6 Å². The van der Waals surface area contributed by atoms with Crippen molar-refractivity contribution in [2.45, 2.75) is 51.9 Å². The fourth-order valence-corrected chi connectivity index (χ4v) is 4.41. The van der Waals surface area contributed by atoms with E-state index in [-0.39, 0.29) is 23.3 Å². The minimum Gasteiger partial charge on any atom is -0.467 e. The van der Waals surface area contributed by atoms with Crippen LogP contribution in [0.2, 0.25) is 0 Å². The highest BCUT2D eigenvalue weighted by Crippen LogP contribution is 2.22. The number of amides is 2. The molecule has 0 rings (SSSR count). The van der Waals surface area contributed by atoms with Crippen LogP contribution in [0.4, 0.5) is 0 Å². The van der Waals surface area contributed by atoms with Crippen LogP contribution in [-0.2, 0) is 28.7 Å². The number of ether oxygens (including phenoxy) is 2. The van der Waals surface area contributed by atoms with Crippen molar-refractivity contribution in [1.29, 1.82) is 0 Å². The summed E-state index contributed by atoms with van der Waals surface area (Å²) in [5.74, 6) is -1.77. The van der Waals surface area contributed by atoms with Crippen LogP contribution in [-0.4, -0.2) is 73.6 Å². The van der Waals surface area contributed by atoms with Gasteiger partial charge in [0.05, 0.1) is 26.3 Å². The molecule has 0 aliphatic heterocycles. The van der Waals surface area contributed by atoms with Gasteiger partial charge in [-0.05, 0) is 11.8 Å². The van der Waals surface area contributed by atoms with E-state index in [9.17, 15) is 19.2 Å². The van der Waals surface area contributed by atoms with E-state index in [0.29, 0.717) is 0 Å². The van der Waals surface area contributed by atoms with Gasteiger partial charge >= 0.3 is 11.9 Å². The van der Waals surface area contributed by atoms with Gasteiger partial charge in [-0.2, -0.15) is 0 Å². The summed E-state index contributed by atoms with van der Waals surface area (Å²) in [6.07, 6.45) is 0. The predicted molar refractivity (Wildman–Crippen MR) is 118 cm³/mol. The van der Waals surface area contributed by atoms with E-state index in [2.05, 4.69) is 20.1 Å². The topological polar surface area (TPSA) is 163 Å². The summed E-state index contributed by atoms with van der Waals surface area (Å²) < 4.78 is 9.36. The van der Waals surface area contributed by atoms with E-state index in [1.165, 1.54) is 35.8 Å². The first-order chi connectivity index (χ1) is 14.0. The Kier molecular flexibility index (Phi) is 13.8. The average Bonchev–Trinajstić information content (AvgIpc) is 2.70. The summed E-state index contributed by atoms with van der Waals surface area (Å²) >= 11 is 0. The summed E-state index contributed by atoms with van der Waals surface area (Å²) in [4.78, 5) is 47.8. The molecule has 12 heteroatoms. The summed E-state index contributed by atoms with van der Waals surface area (Å²) in [6, 6.07) is -3.23. The molecule has 4 atom stereocenters. The minimum atomic E-state index is -0.844. The Bertz CT molecular complexity index is 541. The normalized spacial score (nSPS) is 15.1. The van der Waals surface area contributed by atoms with Crippen molar-refractivity contribution in [3.05, 3.63) is 0 Å². The first kappa shape index (κ1) is 28.5. The van der Waals surface area contributed by atoms with Crippen LogP contribution < -0.4 is 22.1 Å². The molecular formula is C18H34N4O6S2. The van der Waals surface area contributed by atoms with Gasteiger partial charge in [-0.15, -0.1) is 0 Å². The molecular weight excluding hydrogens is 432 g/mol. The molecule has 0 heterocycles. The SMILES string of the molecule is COC(=O)[C@@H](NC(=O)[C@@H](N)CSSC[C@H](N)C(=O)N[C@H](C(=O)OC)C(C)C)C(C)C. The molecule has 0 saturated heterocycles. The quantitative estimate of drug-likeness (QED) is 0.160. The number of hydrogen-bond donors (Lipinski definition) is 4. The zero-order valence-corrected chi connectivity index (χ0v) is 19.9. The number of carbonyl (C=O) groups excluding carboxylic acids is 4. The molecule has 0 aromatic rings. The van der Waals surface area contributed by atoms with Gasteiger partial charge in [0, 0.05) is 11.5 Å². The lowest BCUT2D eigenvalue weighted by Gasteiger charge is -2.22. The second-order valence-corrected chi connectivity index (χ2v) is 9.84. The first-order valence-electron chi connectivity index (χ1n) is 9.48. The molecule has 10 nitrogen and oxygen atoms in total. The lowest BCUT2D eigenvalue weighted by atomic mass is 10.0. The van der Waals surface area contributed by atoms with Crippen molar-refractivity contribution in [2.24, 2.45) is 23.3 Å². The Hall–Kier alpha value is -1.50. The highest BCUT2D eigenvalue weighted by Gasteiger charge is 2.28. The molecule has 0 aromatic carbocycles. The van der Waals surface area contributed by atoms with E-state index in [1.807, 2.05) is 0 Å². The third-order valence-corrected chi connectivity index (χ3v) is 6.56. The van der Waals surface area contributed by atoms with Crippen molar-refractivity contribution in [2.75, 3.05) is 25.7 Å². The smallest absolute Gasteiger partial charge is 0.328 e. The number of carbonyl (C=O) groups is 4. The predicted octanol–water partition coefficient (Wildman–Crippen LogP) is -0.350. The van der Waals surface area contributed by atoms with Crippen LogP contribution in [0.5, 0.6) is 0 Å². The number of hydrogen-bond acceptors (Lipinski definition) is 10. The van der Waals surface area contributed by atoms with E-state index >= 15 is 0 Å². The van der Waals surface area contributed by atoms with Gasteiger partial charge in [-0.1, -0.05) is 49.3 Å². The lowest BCUT2D eigenvalue weighted by Crippen LogP contribution is -2.52. The van der Waals surface area contributed by atoms with Crippen LogP contribution in [0.15, 0.2) is 0 Å². The maximum absolute atomic E-state index is 12.2. The molecule has 174 valence electrons. The number of rotatable bonds is 13. The zero-order chi connectivity index (χ0) is 23.4. The fourth-order valence-electron chi connectivity index (χ4n) is 2.16. The third kappa shape index (κ3) is 10.0. The van der Waals surface area contributed by atoms with Crippen molar-refractivity contribution in [1.82, 2.24) is 10.6 Å². The van der Waals surface area contributed by atoms with E-state index < -0.39 is 47.9 Å². The molecule has 2 amide bonds. The van der Waals surface area contributed by atoms with Gasteiger partial charge in [0.1, 0.15) is 12.1 Å². The Balaban J connectivity index is 4.42. The summed E-state index contributed by atoms with van der Waals surface area (Å²) in [6.45, 7) is 7.14. The number of esters is 2. The van der Waals surface area contributed by atoms with Gasteiger partial charge in [-0.3, -0.25) is 9.59 Å². The molecule has 30 heavy (non-hydrogen) atoms. The van der Waals surface area contributed by atoms with Crippen molar-refractivity contribution < 1.29 is 28.7 Å². The van der Waals surface area contributed by atoms with E-state index in [0.717, 1.165) is 0 Å². The lowest BCUT2D eigenvalue weighted by molar-refractivity contribution is -0.146. The molecule has 0 aliphatic carbocycles. The average molecular weight is 467 g/mol. The molecule has 0 bridgehead atoms. The van der Waals surface area contributed by atoms with E-state index in [4.69, 9.17) is 11.5 Å². The maximum atomic E-state index is 12.2. The monoisotopic (exact) mass is 466 g/mol. The fraction of sp³-hybridized carbons (Fsp3) is 0.778. The zero-order valence-electron chi connectivity index (χ0n) is 18.3. The van der Waals surface area contributed by atoms with Crippen LogP contribution in [0, 0.1) is 11.8 Å². The third-order valence-electron chi connectivity index (χ3n) is 4.09. The summed E-state index contributed by atoms with van der Waals surface area (Å²) in [5, 5.41) is 5.18. The number of nitrogens with one attached hydrogen (secondary N) is 2. The summed E-state index contributed by atoms with van der Waals surface area (Å²) in [7, 11) is 5.08. The molecule has 0 fully saturated rings. The highest BCUT2D eigenvalue weighted by molar-refractivity contribution is 8.76. The molecule has 0 radical (unpaired) electrons. The van der Waals surface area contributed by atoms with Crippen molar-refractivity contribution in [3.8, 4) is 0 Å². The highest BCUT2D eigenvalue weighted by atomic mass is 33.1. The van der Waals surface area contributed by atoms with Gasteiger partial charge in [0.15, 0.2) is 0 Å². The first-order valence-corrected chi connectivity index (χ1v) is 12.0. The van der Waals surface area contributed by atoms with Gasteiger partial charge in [0.25, 0.3) is 0 Å². The number of methoxy groups -OCH3 is 2. The number of nitrogens with two attached hydrogens (primary N) is 2. The van der Waals surface area contributed by atoms with Gasteiger partial charge in [0.2, 0.25) is 11.8 Å². The standard InChI is InChI=1S/C18H34N4O6S2/c1-9(2)13(17(25)27-5)21-15(23)11(19)7-29-30-8-12(20)16(24)22-14(10(3)4)18(26)28-6/h9-14H,7-8,19-20H2,1-6H3,(H,21,23)(H,22,24)/t11-,12-,13-,14-/m0/s1. The van der Waals surface area contributed by atoms with Crippen LogP contribution in [0.25, 0.3) is 0 Å².